The van der Waals surface area contributed by atoms with E-state index in [0.29, 0.717) is 11.4 Å². The highest BCUT2D eigenvalue weighted by Crippen LogP contribution is 2.28. The van der Waals surface area contributed by atoms with Crippen LogP contribution in [0, 0.1) is 13.8 Å². The van der Waals surface area contributed by atoms with Crippen LogP contribution in [-0.4, -0.2) is 15.0 Å². The molecule has 106 valence electrons. The molecule has 0 amide bonds. The summed E-state index contributed by atoms with van der Waals surface area (Å²) in [5.74, 6) is 0. The molecule has 0 spiro atoms. The lowest BCUT2D eigenvalue weighted by molar-refractivity contribution is 0.584. The minimum Gasteiger partial charge on any atom is -0.211 e. The monoisotopic (exact) mass is 289 g/mol. The maximum absolute atomic E-state index is 12.0. The summed E-state index contributed by atoms with van der Waals surface area (Å²) in [7, 11) is -3.39. The summed E-state index contributed by atoms with van der Waals surface area (Å²) >= 11 is 0. The molecule has 0 aliphatic carbocycles. The van der Waals surface area contributed by atoms with Crippen molar-refractivity contribution in [2.75, 3.05) is 6.54 Å². The first-order valence-electron chi connectivity index (χ1n) is 6.62. The summed E-state index contributed by atoms with van der Waals surface area (Å²) in [5.41, 5.74) is 4.34. The first kappa shape index (κ1) is 14.8. The first-order chi connectivity index (χ1) is 9.45. The van der Waals surface area contributed by atoms with Gasteiger partial charge in [0.2, 0.25) is 10.0 Å². The molecule has 2 aromatic carbocycles. The largest absolute Gasteiger partial charge is 0.240 e. The van der Waals surface area contributed by atoms with Gasteiger partial charge >= 0.3 is 0 Å². The second kappa shape index (κ2) is 5.77. The molecule has 0 aliphatic rings. The third-order valence-corrected chi connectivity index (χ3v) is 4.82. The molecule has 2 rings (SSSR count). The predicted molar refractivity (Wildman–Crippen MR) is 82.2 cm³/mol. The number of nitrogens with one attached hydrogen (secondary N) is 1. The van der Waals surface area contributed by atoms with Crippen LogP contribution in [0.3, 0.4) is 0 Å². The van der Waals surface area contributed by atoms with Crippen LogP contribution in [0.15, 0.2) is 47.4 Å². The van der Waals surface area contributed by atoms with E-state index in [1.54, 1.807) is 19.1 Å². The Labute approximate surface area is 120 Å². The quantitative estimate of drug-likeness (QED) is 0.939. The van der Waals surface area contributed by atoms with Crippen molar-refractivity contribution in [1.29, 1.82) is 0 Å². The third-order valence-electron chi connectivity index (χ3n) is 3.28. The summed E-state index contributed by atoms with van der Waals surface area (Å²) in [5, 5.41) is 0. The number of hydrogen-bond acceptors (Lipinski definition) is 2. The summed E-state index contributed by atoms with van der Waals surface area (Å²) in [6.07, 6.45) is 0. The Balaban J connectivity index is 2.49. The van der Waals surface area contributed by atoms with E-state index in [4.69, 9.17) is 0 Å². The highest BCUT2D eigenvalue weighted by molar-refractivity contribution is 7.89. The fourth-order valence-corrected chi connectivity index (χ4v) is 3.38. The summed E-state index contributed by atoms with van der Waals surface area (Å²) in [4.78, 5) is 0.314. The molecule has 0 heterocycles. The van der Waals surface area contributed by atoms with Crippen molar-refractivity contribution in [1.82, 2.24) is 4.72 Å². The second-order valence-electron chi connectivity index (χ2n) is 4.79. The van der Waals surface area contributed by atoms with E-state index in [9.17, 15) is 8.42 Å². The van der Waals surface area contributed by atoms with Crippen molar-refractivity contribution < 1.29 is 8.42 Å². The van der Waals surface area contributed by atoms with Gasteiger partial charge in [-0.05, 0) is 48.2 Å². The van der Waals surface area contributed by atoms with Crippen molar-refractivity contribution in [2.45, 2.75) is 25.7 Å². The smallest absolute Gasteiger partial charge is 0.211 e. The molecule has 4 heteroatoms. The van der Waals surface area contributed by atoms with Gasteiger partial charge in [0, 0.05) is 6.54 Å². The molecule has 2 aromatic rings. The molecule has 0 saturated carbocycles. The van der Waals surface area contributed by atoms with E-state index in [2.05, 4.69) is 23.8 Å². The molecular formula is C16H19NO2S. The molecular weight excluding hydrogens is 270 g/mol. The highest BCUT2D eigenvalue weighted by atomic mass is 32.2. The van der Waals surface area contributed by atoms with Crippen molar-refractivity contribution in [3.05, 3.63) is 53.6 Å². The first-order valence-corrected chi connectivity index (χ1v) is 8.10. The summed E-state index contributed by atoms with van der Waals surface area (Å²) in [6, 6.07) is 13.4. The standard InChI is InChI=1S/C16H19NO2S/c1-4-17-20(18,19)14-9-10-16(13(3)11-14)15-8-6-5-7-12(15)2/h5-11,17H,4H2,1-3H3. The Hall–Kier alpha value is -1.65. The number of rotatable bonds is 4. The Morgan fingerprint density at radius 2 is 1.60 bits per heavy atom. The van der Waals surface area contributed by atoms with E-state index in [0.717, 1.165) is 16.7 Å². The molecule has 0 aliphatic heterocycles. The zero-order valence-corrected chi connectivity index (χ0v) is 12.8. The van der Waals surface area contributed by atoms with Crippen LogP contribution in [0.2, 0.25) is 0 Å². The van der Waals surface area contributed by atoms with Gasteiger partial charge in [-0.2, -0.15) is 0 Å². The van der Waals surface area contributed by atoms with Gasteiger partial charge in [-0.3, -0.25) is 0 Å². The van der Waals surface area contributed by atoms with Crippen LogP contribution in [-0.2, 0) is 10.0 Å². The minimum atomic E-state index is -3.39. The Morgan fingerprint density at radius 1 is 0.950 bits per heavy atom. The lowest BCUT2D eigenvalue weighted by Crippen LogP contribution is -2.23. The third kappa shape index (κ3) is 2.92. The molecule has 0 aromatic heterocycles. The Morgan fingerprint density at radius 3 is 2.20 bits per heavy atom. The predicted octanol–water partition coefficient (Wildman–Crippen LogP) is 3.27. The Kier molecular flexibility index (Phi) is 4.26. The average Bonchev–Trinajstić information content (AvgIpc) is 2.39. The van der Waals surface area contributed by atoms with Gasteiger partial charge in [0.25, 0.3) is 0 Å². The van der Waals surface area contributed by atoms with Crippen molar-refractivity contribution in [3.8, 4) is 11.1 Å². The van der Waals surface area contributed by atoms with E-state index in [1.807, 2.05) is 25.1 Å². The van der Waals surface area contributed by atoms with Crippen LogP contribution in [0.1, 0.15) is 18.1 Å². The summed E-state index contributed by atoms with van der Waals surface area (Å²) in [6.45, 7) is 6.15. The molecule has 0 atom stereocenters. The molecule has 1 N–H and O–H groups in total. The van der Waals surface area contributed by atoms with Gasteiger partial charge in [0.15, 0.2) is 0 Å². The molecule has 0 fully saturated rings. The highest BCUT2D eigenvalue weighted by Gasteiger charge is 2.14. The van der Waals surface area contributed by atoms with Crippen LogP contribution in [0.4, 0.5) is 0 Å². The second-order valence-corrected chi connectivity index (χ2v) is 6.56. The van der Waals surface area contributed by atoms with Gasteiger partial charge in [0.05, 0.1) is 4.90 Å². The van der Waals surface area contributed by atoms with Crippen LogP contribution < -0.4 is 4.72 Å². The number of sulfonamides is 1. The van der Waals surface area contributed by atoms with E-state index in [-0.39, 0.29) is 0 Å². The minimum absolute atomic E-state index is 0.314. The average molecular weight is 289 g/mol. The van der Waals surface area contributed by atoms with Crippen LogP contribution in [0.5, 0.6) is 0 Å². The number of benzene rings is 2. The van der Waals surface area contributed by atoms with Gasteiger partial charge < -0.3 is 0 Å². The fraction of sp³-hybridized carbons (Fsp3) is 0.250. The number of hydrogen-bond donors (Lipinski definition) is 1. The normalized spacial score (nSPS) is 11.6. The fourth-order valence-electron chi connectivity index (χ4n) is 2.25. The van der Waals surface area contributed by atoms with Crippen LogP contribution in [0.25, 0.3) is 11.1 Å². The van der Waals surface area contributed by atoms with Crippen molar-refractivity contribution >= 4 is 10.0 Å². The zero-order chi connectivity index (χ0) is 14.8. The Bertz CT molecular complexity index is 721. The lowest BCUT2D eigenvalue weighted by atomic mass is 9.97. The maximum atomic E-state index is 12.0. The molecule has 0 unspecified atom stereocenters. The molecule has 0 radical (unpaired) electrons. The van der Waals surface area contributed by atoms with Gasteiger partial charge in [-0.25, -0.2) is 13.1 Å². The number of aryl methyl sites for hydroxylation is 2. The van der Waals surface area contributed by atoms with E-state index >= 15 is 0 Å². The molecule has 0 saturated heterocycles. The topological polar surface area (TPSA) is 46.2 Å². The van der Waals surface area contributed by atoms with Gasteiger partial charge in [-0.15, -0.1) is 0 Å². The SMILES string of the molecule is CCNS(=O)(=O)c1ccc(-c2ccccc2C)c(C)c1. The maximum Gasteiger partial charge on any atom is 0.240 e. The van der Waals surface area contributed by atoms with Gasteiger partial charge in [-0.1, -0.05) is 37.3 Å². The van der Waals surface area contributed by atoms with Gasteiger partial charge in [0.1, 0.15) is 0 Å². The molecule has 3 nitrogen and oxygen atoms in total. The van der Waals surface area contributed by atoms with Crippen LogP contribution >= 0.6 is 0 Å². The summed E-state index contributed by atoms with van der Waals surface area (Å²) < 4.78 is 26.5. The van der Waals surface area contributed by atoms with E-state index < -0.39 is 10.0 Å². The van der Waals surface area contributed by atoms with Crippen molar-refractivity contribution in [3.63, 3.8) is 0 Å². The van der Waals surface area contributed by atoms with Crippen molar-refractivity contribution in [2.24, 2.45) is 0 Å². The lowest BCUT2D eigenvalue weighted by Gasteiger charge is -2.11. The zero-order valence-electron chi connectivity index (χ0n) is 12.0. The van der Waals surface area contributed by atoms with E-state index in [1.165, 1.54) is 5.56 Å². The molecule has 0 bridgehead atoms. The molecule has 20 heavy (non-hydrogen) atoms.